The van der Waals surface area contributed by atoms with E-state index in [4.69, 9.17) is 0 Å². The molecule has 2 atom stereocenters. The van der Waals surface area contributed by atoms with Gasteiger partial charge in [0.1, 0.15) is 0 Å². The van der Waals surface area contributed by atoms with Crippen LogP contribution in [0.3, 0.4) is 0 Å². The Balaban J connectivity index is 1.55. The van der Waals surface area contributed by atoms with Crippen LogP contribution in [0.4, 0.5) is 0 Å². The lowest BCUT2D eigenvalue weighted by Gasteiger charge is -2.32. The molecule has 0 spiro atoms. The van der Waals surface area contributed by atoms with Crippen molar-refractivity contribution in [3.05, 3.63) is 70.8 Å². The first kappa shape index (κ1) is 19.6. The van der Waals surface area contributed by atoms with Gasteiger partial charge in [-0.05, 0) is 73.9 Å². The summed E-state index contributed by atoms with van der Waals surface area (Å²) in [6.07, 6.45) is 5.59. The van der Waals surface area contributed by atoms with E-state index in [0.29, 0.717) is 12.0 Å². The summed E-state index contributed by atoms with van der Waals surface area (Å²) in [5, 5.41) is 9.75. The first-order valence-corrected chi connectivity index (χ1v) is 10.4. The molecule has 0 saturated carbocycles. The van der Waals surface area contributed by atoms with E-state index in [0.717, 1.165) is 25.8 Å². The van der Waals surface area contributed by atoms with Crippen molar-refractivity contribution in [2.24, 2.45) is 0 Å². The maximum absolute atomic E-state index is 9.75. The maximum Gasteiger partial charge on any atom is 0.0716 e. The third kappa shape index (κ3) is 4.79. The summed E-state index contributed by atoms with van der Waals surface area (Å²) < 4.78 is 0. The highest BCUT2D eigenvalue weighted by Crippen LogP contribution is 2.29. The average molecular weight is 361 g/mol. The Labute approximate surface area is 164 Å². The number of likely N-dealkylation sites (N-methyl/N-ethyl adjacent to an activating group) is 1. The van der Waals surface area contributed by atoms with Crippen LogP contribution in [0.5, 0.6) is 0 Å². The van der Waals surface area contributed by atoms with Gasteiger partial charge in [0, 0.05) is 6.04 Å². The number of benzene rings is 2. The van der Waals surface area contributed by atoms with E-state index in [2.05, 4.69) is 80.4 Å². The lowest BCUT2D eigenvalue weighted by atomic mass is 9.86. The molecule has 2 aromatic rings. The van der Waals surface area contributed by atoms with Gasteiger partial charge in [-0.15, -0.1) is 0 Å². The molecule has 2 aromatic carbocycles. The predicted molar refractivity (Wildman–Crippen MR) is 113 cm³/mol. The van der Waals surface area contributed by atoms with E-state index >= 15 is 0 Å². The maximum atomic E-state index is 9.75. The minimum atomic E-state index is 0.00378. The summed E-state index contributed by atoms with van der Waals surface area (Å²) in [4.78, 5) is 2.51. The van der Waals surface area contributed by atoms with Crippen molar-refractivity contribution >= 4 is 0 Å². The molecular formula is C25H32N2. The van der Waals surface area contributed by atoms with Gasteiger partial charge in [0.15, 0.2) is 0 Å². The smallest absolute Gasteiger partial charge is 0.0716 e. The number of fused-ring (bicyclic) bond motifs is 1. The second kappa shape index (κ2) is 9.20. The third-order valence-corrected chi connectivity index (χ3v) is 6.10. The Bertz CT molecular complexity index is 787. The molecule has 0 heterocycles. The molecule has 0 N–H and O–H groups in total. The van der Waals surface area contributed by atoms with E-state index in [9.17, 15) is 5.26 Å². The predicted octanol–water partition coefficient (Wildman–Crippen LogP) is 5.69. The van der Waals surface area contributed by atoms with Gasteiger partial charge in [0.2, 0.25) is 0 Å². The van der Waals surface area contributed by atoms with Crippen molar-refractivity contribution < 1.29 is 0 Å². The number of nitrogens with zero attached hydrogens (tertiary/aromatic N) is 2. The zero-order valence-electron chi connectivity index (χ0n) is 17.0. The number of hydrogen-bond acceptors (Lipinski definition) is 2. The van der Waals surface area contributed by atoms with Gasteiger partial charge < -0.3 is 4.90 Å². The molecule has 142 valence electrons. The Morgan fingerprint density at radius 3 is 2.41 bits per heavy atom. The second-order valence-corrected chi connectivity index (χ2v) is 8.25. The summed E-state index contributed by atoms with van der Waals surface area (Å²) in [5.41, 5.74) is 5.59. The summed E-state index contributed by atoms with van der Waals surface area (Å²) in [5.74, 6) is 0.464. The third-order valence-electron chi connectivity index (χ3n) is 6.10. The van der Waals surface area contributed by atoms with Crippen molar-refractivity contribution in [3.8, 4) is 6.07 Å². The van der Waals surface area contributed by atoms with Crippen LogP contribution in [0, 0.1) is 11.3 Å². The van der Waals surface area contributed by atoms with Crippen LogP contribution in [0.15, 0.2) is 48.5 Å². The van der Waals surface area contributed by atoms with Crippen LogP contribution >= 0.6 is 0 Å². The summed E-state index contributed by atoms with van der Waals surface area (Å²) in [6.45, 7) is 5.48. The zero-order chi connectivity index (χ0) is 19.2. The van der Waals surface area contributed by atoms with Crippen LogP contribution in [-0.2, 0) is 12.8 Å². The molecule has 3 rings (SSSR count). The van der Waals surface area contributed by atoms with E-state index in [1.165, 1.54) is 35.1 Å². The Morgan fingerprint density at radius 2 is 1.70 bits per heavy atom. The fraction of sp³-hybridized carbons (Fsp3) is 0.480. The largest absolute Gasteiger partial charge is 0.303 e. The SMILES string of the molecule is CC(C)c1ccccc1C(C#N)CCCN(C)[C@@H]1CCc2ccccc2C1. The van der Waals surface area contributed by atoms with Gasteiger partial charge in [0.25, 0.3) is 0 Å². The molecule has 2 nitrogen and oxygen atoms in total. The molecule has 27 heavy (non-hydrogen) atoms. The topological polar surface area (TPSA) is 27.0 Å². The van der Waals surface area contributed by atoms with Crippen LogP contribution < -0.4 is 0 Å². The minimum Gasteiger partial charge on any atom is -0.303 e. The van der Waals surface area contributed by atoms with Crippen LogP contribution in [0.25, 0.3) is 0 Å². The van der Waals surface area contributed by atoms with Crippen molar-refractivity contribution in [3.63, 3.8) is 0 Å². The molecule has 0 aliphatic heterocycles. The fourth-order valence-corrected chi connectivity index (χ4v) is 4.43. The molecule has 2 heteroatoms. The van der Waals surface area contributed by atoms with Gasteiger partial charge in [-0.1, -0.05) is 62.4 Å². The lowest BCUT2D eigenvalue weighted by Crippen LogP contribution is -2.37. The Hall–Kier alpha value is -2.11. The molecule has 0 bridgehead atoms. The van der Waals surface area contributed by atoms with Gasteiger partial charge in [-0.25, -0.2) is 0 Å². The molecule has 1 aliphatic carbocycles. The van der Waals surface area contributed by atoms with E-state index in [1.54, 1.807) is 0 Å². The molecule has 1 unspecified atom stereocenters. The Morgan fingerprint density at radius 1 is 1.04 bits per heavy atom. The zero-order valence-corrected chi connectivity index (χ0v) is 17.0. The van der Waals surface area contributed by atoms with Crippen molar-refractivity contribution in [2.45, 2.75) is 63.8 Å². The fourth-order valence-electron chi connectivity index (χ4n) is 4.43. The van der Waals surface area contributed by atoms with Gasteiger partial charge >= 0.3 is 0 Å². The quantitative estimate of drug-likeness (QED) is 0.634. The molecule has 0 amide bonds. The highest BCUT2D eigenvalue weighted by molar-refractivity contribution is 5.35. The first-order valence-electron chi connectivity index (χ1n) is 10.4. The summed E-state index contributed by atoms with van der Waals surface area (Å²) >= 11 is 0. The van der Waals surface area contributed by atoms with Gasteiger partial charge in [-0.2, -0.15) is 5.26 Å². The molecule has 1 aliphatic rings. The number of nitriles is 1. The second-order valence-electron chi connectivity index (χ2n) is 8.25. The number of rotatable bonds is 7. The van der Waals surface area contributed by atoms with Crippen LogP contribution in [0.2, 0.25) is 0 Å². The van der Waals surface area contributed by atoms with Crippen LogP contribution in [-0.4, -0.2) is 24.5 Å². The molecule has 0 fully saturated rings. The molecule has 0 radical (unpaired) electrons. The molecular weight excluding hydrogens is 328 g/mol. The summed E-state index contributed by atoms with van der Waals surface area (Å²) in [6, 6.07) is 20.5. The highest BCUT2D eigenvalue weighted by atomic mass is 15.1. The van der Waals surface area contributed by atoms with Gasteiger partial charge in [0.05, 0.1) is 12.0 Å². The number of hydrogen-bond donors (Lipinski definition) is 0. The van der Waals surface area contributed by atoms with Crippen molar-refractivity contribution in [1.82, 2.24) is 4.90 Å². The summed E-state index contributed by atoms with van der Waals surface area (Å²) in [7, 11) is 2.25. The van der Waals surface area contributed by atoms with Crippen molar-refractivity contribution in [2.75, 3.05) is 13.6 Å². The Kier molecular flexibility index (Phi) is 6.69. The molecule has 0 saturated heterocycles. The minimum absolute atomic E-state index is 0.00378. The van der Waals surface area contributed by atoms with E-state index in [-0.39, 0.29) is 5.92 Å². The standard InChI is InChI=1S/C25H32N2/c1-19(2)24-12-6-7-13-25(24)22(18-26)11-8-16-27(3)23-15-14-20-9-4-5-10-21(20)17-23/h4-7,9-10,12-13,19,22-23H,8,11,14-17H2,1-3H3/t22?,23-/m1/s1. The van der Waals surface area contributed by atoms with E-state index in [1.807, 2.05) is 0 Å². The monoisotopic (exact) mass is 360 g/mol. The van der Waals surface area contributed by atoms with Gasteiger partial charge in [-0.3, -0.25) is 0 Å². The highest BCUT2D eigenvalue weighted by Gasteiger charge is 2.22. The lowest BCUT2D eigenvalue weighted by molar-refractivity contribution is 0.217. The van der Waals surface area contributed by atoms with Crippen LogP contribution in [0.1, 0.15) is 67.2 Å². The number of aryl methyl sites for hydroxylation is 1. The van der Waals surface area contributed by atoms with E-state index < -0.39 is 0 Å². The average Bonchev–Trinajstić information content (AvgIpc) is 2.70. The van der Waals surface area contributed by atoms with Crippen molar-refractivity contribution in [1.29, 1.82) is 5.26 Å². The first-order chi connectivity index (χ1) is 13.1. The molecule has 0 aromatic heterocycles. The normalized spacial score (nSPS) is 17.6.